The molecule has 3 aromatic carbocycles. The fourth-order valence-electron chi connectivity index (χ4n) is 3.30. The van der Waals surface area contributed by atoms with Gasteiger partial charge in [0.05, 0.1) is 48.7 Å². The fourth-order valence-corrected chi connectivity index (χ4v) is 4.72. The van der Waals surface area contributed by atoms with Gasteiger partial charge in [0.25, 0.3) is 10.0 Å². The van der Waals surface area contributed by atoms with Crippen LogP contribution in [-0.2, 0) is 24.3 Å². The number of carbonyl (C=O) groups is 3. The summed E-state index contributed by atoms with van der Waals surface area (Å²) in [7, 11) is -0.575. The lowest BCUT2D eigenvalue weighted by Crippen LogP contribution is -2.38. The molecule has 0 aliphatic carbocycles. The minimum absolute atomic E-state index is 0.0175. The third kappa shape index (κ3) is 6.22. The molecule has 0 radical (unpaired) electrons. The van der Waals surface area contributed by atoms with E-state index in [0.29, 0.717) is 5.75 Å². The Bertz CT molecular complexity index is 1410. The van der Waals surface area contributed by atoms with Crippen molar-refractivity contribution in [3.63, 3.8) is 0 Å². The summed E-state index contributed by atoms with van der Waals surface area (Å²) in [5, 5.41) is 2.45. The quantitative estimate of drug-likeness (QED) is 0.418. The lowest BCUT2D eigenvalue weighted by atomic mass is 10.1. The number of nitrogens with zero attached hydrogens (tertiary/aromatic N) is 1. The Labute approximate surface area is 212 Å². The van der Waals surface area contributed by atoms with E-state index in [1.165, 1.54) is 68.8 Å². The van der Waals surface area contributed by atoms with Crippen LogP contribution in [0.15, 0.2) is 71.6 Å². The van der Waals surface area contributed by atoms with Crippen molar-refractivity contribution in [1.82, 2.24) is 0 Å². The fraction of sp³-hybridized carbons (Fsp3) is 0.160. The summed E-state index contributed by atoms with van der Waals surface area (Å²) in [6.07, 6.45) is 0. The van der Waals surface area contributed by atoms with E-state index in [4.69, 9.17) is 9.47 Å². The summed E-state index contributed by atoms with van der Waals surface area (Å²) >= 11 is 0. The third-order valence-corrected chi connectivity index (χ3v) is 6.96. The van der Waals surface area contributed by atoms with Gasteiger partial charge >= 0.3 is 11.9 Å². The van der Waals surface area contributed by atoms with Crippen LogP contribution in [0.3, 0.4) is 0 Å². The molecule has 0 aliphatic heterocycles. The van der Waals surface area contributed by atoms with E-state index in [9.17, 15) is 27.2 Å². The van der Waals surface area contributed by atoms with Crippen molar-refractivity contribution in [2.75, 3.05) is 37.5 Å². The van der Waals surface area contributed by atoms with Gasteiger partial charge in [-0.3, -0.25) is 9.10 Å². The van der Waals surface area contributed by atoms with Crippen LogP contribution in [-0.4, -0.2) is 54.1 Å². The third-order valence-electron chi connectivity index (χ3n) is 5.17. The van der Waals surface area contributed by atoms with Crippen LogP contribution >= 0.6 is 0 Å². The van der Waals surface area contributed by atoms with Gasteiger partial charge in [-0.1, -0.05) is 0 Å². The van der Waals surface area contributed by atoms with Gasteiger partial charge in [0.2, 0.25) is 5.91 Å². The molecule has 0 fully saturated rings. The first-order chi connectivity index (χ1) is 17.6. The number of halogens is 1. The molecule has 0 spiro atoms. The number of carbonyl (C=O) groups excluding carboxylic acids is 3. The van der Waals surface area contributed by atoms with Crippen LogP contribution in [0.2, 0.25) is 0 Å². The molecular weight excluding hydrogens is 507 g/mol. The van der Waals surface area contributed by atoms with E-state index in [1.54, 1.807) is 0 Å². The minimum Gasteiger partial charge on any atom is -0.497 e. The van der Waals surface area contributed by atoms with Crippen LogP contribution in [0.1, 0.15) is 20.7 Å². The smallest absolute Gasteiger partial charge is 0.339 e. The second-order valence-electron chi connectivity index (χ2n) is 7.46. The van der Waals surface area contributed by atoms with E-state index in [1.807, 2.05) is 0 Å². The second-order valence-corrected chi connectivity index (χ2v) is 9.32. The molecule has 0 unspecified atom stereocenters. The Hall–Kier alpha value is -4.45. The molecule has 0 saturated heterocycles. The van der Waals surface area contributed by atoms with E-state index in [-0.39, 0.29) is 27.4 Å². The summed E-state index contributed by atoms with van der Waals surface area (Å²) in [6.45, 7) is -0.747. The predicted octanol–water partition coefficient (Wildman–Crippen LogP) is 3.24. The van der Waals surface area contributed by atoms with Crippen molar-refractivity contribution >= 4 is 39.2 Å². The Kier molecular flexibility index (Phi) is 8.45. The average molecular weight is 531 g/mol. The number of amides is 1. The molecule has 12 heteroatoms. The predicted molar refractivity (Wildman–Crippen MR) is 132 cm³/mol. The van der Waals surface area contributed by atoms with Crippen molar-refractivity contribution in [3.05, 3.63) is 83.7 Å². The van der Waals surface area contributed by atoms with Gasteiger partial charge in [-0.2, -0.15) is 0 Å². The first kappa shape index (κ1) is 27.1. The molecule has 0 atom stereocenters. The van der Waals surface area contributed by atoms with Gasteiger partial charge in [0.1, 0.15) is 18.1 Å². The number of hydrogen-bond donors (Lipinski definition) is 1. The molecule has 0 aromatic heterocycles. The Balaban J connectivity index is 1.99. The molecule has 0 heterocycles. The molecule has 1 amide bonds. The van der Waals surface area contributed by atoms with E-state index >= 15 is 0 Å². The van der Waals surface area contributed by atoms with Crippen molar-refractivity contribution in [2.24, 2.45) is 0 Å². The number of ether oxygens (including phenoxy) is 3. The SMILES string of the molecule is COC(=O)c1ccc(C(=O)OC)c(NC(=O)CN(c2ccc(F)cc2)S(=O)(=O)c2ccc(OC)cc2)c1. The number of nitrogens with one attached hydrogen (secondary N) is 1. The van der Waals surface area contributed by atoms with Gasteiger partial charge in [0.15, 0.2) is 0 Å². The Morgan fingerprint density at radius 1 is 0.865 bits per heavy atom. The number of hydrogen-bond acceptors (Lipinski definition) is 8. The minimum atomic E-state index is -4.31. The Morgan fingerprint density at radius 3 is 2.05 bits per heavy atom. The zero-order valence-electron chi connectivity index (χ0n) is 20.1. The van der Waals surface area contributed by atoms with Crippen LogP contribution < -0.4 is 14.4 Å². The standard InChI is InChI=1S/C25H23FN2O8S/c1-34-19-9-11-20(12-10-19)37(32,33)28(18-7-5-17(26)6-8-18)15-23(29)27-22-14-16(24(30)35-2)4-13-21(22)25(31)36-3/h4-14H,15H2,1-3H3,(H,27,29). The molecule has 3 rings (SSSR count). The highest BCUT2D eigenvalue weighted by atomic mass is 32.2. The van der Waals surface area contributed by atoms with Crippen LogP contribution in [0.4, 0.5) is 15.8 Å². The van der Waals surface area contributed by atoms with E-state index in [2.05, 4.69) is 10.1 Å². The van der Waals surface area contributed by atoms with Crippen LogP contribution in [0.5, 0.6) is 5.75 Å². The van der Waals surface area contributed by atoms with E-state index < -0.39 is 40.2 Å². The lowest BCUT2D eigenvalue weighted by Gasteiger charge is -2.24. The molecule has 194 valence electrons. The van der Waals surface area contributed by atoms with Gasteiger partial charge in [-0.25, -0.2) is 22.4 Å². The first-order valence-electron chi connectivity index (χ1n) is 10.6. The monoisotopic (exact) mass is 530 g/mol. The molecule has 3 aromatic rings. The first-order valence-corrected chi connectivity index (χ1v) is 12.1. The lowest BCUT2D eigenvalue weighted by molar-refractivity contribution is -0.114. The summed E-state index contributed by atoms with van der Waals surface area (Å²) < 4.78 is 55.7. The molecule has 10 nitrogen and oxygen atoms in total. The topological polar surface area (TPSA) is 128 Å². The maximum absolute atomic E-state index is 13.5. The van der Waals surface area contributed by atoms with Crippen molar-refractivity contribution in [1.29, 1.82) is 0 Å². The van der Waals surface area contributed by atoms with Gasteiger partial charge in [0, 0.05) is 0 Å². The van der Waals surface area contributed by atoms with Crippen molar-refractivity contribution in [2.45, 2.75) is 4.90 Å². The molecule has 1 N–H and O–H groups in total. The number of benzene rings is 3. The normalized spacial score (nSPS) is 10.8. The van der Waals surface area contributed by atoms with Gasteiger partial charge < -0.3 is 19.5 Å². The Morgan fingerprint density at radius 2 is 1.49 bits per heavy atom. The second kappa shape index (κ2) is 11.5. The van der Waals surface area contributed by atoms with Gasteiger partial charge in [-0.05, 0) is 66.7 Å². The summed E-state index contributed by atoms with van der Waals surface area (Å²) in [4.78, 5) is 37.1. The maximum atomic E-state index is 13.5. The van der Waals surface area contributed by atoms with Gasteiger partial charge in [-0.15, -0.1) is 0 Å². The molecule has 37 heavy (non-hydrogen) atoms. The molecule has 0 saturated carbocycles. The number of anilines is 2. The van der Waals surface area contributed by atoms with Crippen molar-refractivity contribution in [3.8, 4) is 5.75 Å². The number of esters is 2. The maximum Gasteiger partial charge on any atom is 0.339 e. The number of rotatable bonds is 9. The molecular formula is C25H23FN2O8S. The summed E-state index contributed by atoms with van der Waals surface area (Å²) in [5.74, 6) is -2.55. The number of methoxy groups -OCH3 is 3. The van der Waals surface area contributed by atoms with Crippen molar-refractivity contribution < 1.29 is 41.4 Å². The highest BCUT2D eigenvalue weighted by Crippen LogP contribution is 2.26. The largest absolute Gasteiger partial charge is 0.497 e. The molecule has 0 bridgehead atoms. The van der Waals surface area contributed by atoms with E-state index in [0.717, 1.165) is 23.5 Å². The highest BCUT2D eigenvalue weighted by molar-refractivity contribution is 7.92. The zero-order valence-corrected chi connectivity index (χ0v) is 20.9. The van der Waals surface area contributed by atoms with Crippen LogP contribution in [0, 0.1) is 5.82 Å². The van der Waals surface area contributed by atoms with Crippen LogP contribution in [0.25, 0.3) is 0 Å². The average Bonchev–Trinajstić information content (AvgIpc) is 2.91. The summed E-state index contributed by atoms with van der Waals surface area (Å²) in [5.41, 5.74) is -0.119. The molecule has 0 aliphatic rings. The highest BCUT2D eigenvalue weighted by Gasteiger charge is 2.28. The number of sulfonamides is 1. The summed E-state index contributed by atoms with van der Waals surface area (Å²) in [6, 6.07) is 13.8. The zero-order chi connectivity index (χ0) is 27.2.